The fourth-order valence-electron chi connectivity index (χ4n) is 1.51. The van der Waals surface area contributed by atoms with Crippen LogP contribution in [0.5, 0.6) is 0 Å². The summed E-state index contributed by atoms with van der Waals surface area (Å²) in [6.07, 6.45) is -28.8. The molecule has 0 radical (unpaired) electrons. The van der Waals surface area contributed by atoms with Gasteiger partial charge >= 0.3 is 48.2 Å². The van der Waals surface area contributed by atoms with Gasteiger partial charge in [0, 0.05) is 0 Å². The molecule has 4 atom stereocenters. The number of halogens is 16. The Labute approximate surface area is 141 Å². The lowest BCUT2D eigenvalue weighted by Gasteiger charge is -2.50. The summed E-state index contributed by atoms with van der Waals surface area (Å²) < 4.78 is 210. The number of ether oxygens (including phenoxy) is 3. The van der Waals surface area contributed by atoms with E-state index >= 15 is 0 Å². The van der Waals surface area contributed by atoms with Crippen LogP contribution in [0.2, 0.25) is 0 Å². The predicted octanol–water partition coefficient (Wildman–Crippen LogP) is 4.92. The van der Waals surface area contributed by atoms with Crippen molar-refractivity contribution >= 4 is 0 Å². The molecular weight excluding hydrogens is 460 g/mol. The van der Waals surface area contributed by atoms with Crippen LogP contribution in [0.25, 0.3) is 0 Å². The molecule has 1 saturated heterocycles. The summed E-state index contributed by atoms with van der Waals surface area (Å²) in [5, 5.41) is 0. The van der Waals surface area contributed by atoms with Crippen molar-refractivity contribution in [1.82, 2.24) is 0 Å². The van der Waals surface area contributed by atoms with Crippen molar-refractivity contribution in [2.24, 2.45) is 0 Å². The van der Waals surface area contributed by atoms with Gasteiger partial charge in [0.25, 0.3) is 0 Å². The van der Waals surface area contributed by atoms with Crippen molar-refractivity contribution in [3.05, 3.63) is 0 Å². The Balaban J connectivity index is 3.74. The molecule has 0 aliphatic carbocycles. The molecule has 28 heavy (non-hydrogen) atoms. The maximum atomic E-state index is 14.1. The summed E-state index contributed by atoms with van der Waals surface area (Å²) in [5.74, 6) is -20.8. The van der Waals surface area contributed by atoms with E-state index in [-0.39, 0.29) is 0 Å². The zero-order valence-electron chi connectivity index (χ0n) is 12.0. The highest BCUT2D eigenvalue weighted by Gasteiger charge is 2.92. The average Bonchev–Trinajstić information content (AvgIpc) is 2.41. The summed E-state index contributed by atoms with van der Waals surface area (Å²) in [5.41, 5.74) is 0. The van der Waals surface area contributed by atoms with Gasteiger partial charge in [-0.3, -0.25) is 14.2 Å². The average molecular weight is 462 g/mol. The SMILES string of the molecule is FCC(F)(OC1(F)OC(F)(C(F)(F)F)C(F)(F)OC1(F)C(F)(F)F)C(F)(F)F. The van der Waals surface area contributed by atoms with Gasteiger partial charge in [-0.2, -0.15) is 65.9 Å². The van der Waals surface area contributed by atoms with Gasteiger partial charge in [-0.25, -0.2) is 4.39 Å². The lowest BCUT2D eigenvalue weighted by Crippen LogP contribution is -2.78. The molecule has 19 heteroatoms. The topological polar surface area (TPSA) is 27.7 Å². The second-order valence-electron chi connectivity index (χ2n) is 4.91. The lowest BCUT2D eigenvalue weighted by atomic mass is 10.1. The van der Waals surface area contributed by atoms with Crippen LogP contribution >= 0.6 is 0 Å². The van der Waals surface area contributed by atoms with Crippen LogP contribution in [0.3, 0.4) is 0 Å². The first-order valence-corrected chi connectivity index (χ1v) is 5.93. The summed E-state index contributed by atoms with van der Waals surface area (Å²) >= 11 is 0. The smallest absolute Gasteiger partial charge is 0.271 e. The van der Waals surface area contributed by atoms with Gasteiger partial charge in [0.2, 0.25) is 0 Å². The predicted molar refractivity (Wildman–Crippen MR) is 47.7 cm³/mol. The Morgan fingerprint density at radius 1 is 0.643 bits per heavy atom. The van der Waals surface area contributed by atoms with Crippen LogP contribution in [0.15, 0.2) is 0 Å². The molecule has 0 amide bonds. The summed E-state index contributed by atoms with van der Waals surface area (Å²) in [4.78, 5) is 0. The molecule has 1 fully saturated rings. The van der Waals surface area contributed by atoms with Crippen LogP contribution in [0.1, 0.15) is 0 Å². The first kappa shape index (κ1) is 24.8. The minimum absolute atomic E-state index is 1.79. The third kappa shape index (κ3) is 3.33. The van der Waals surface area contributed by atoms with Crippen LogP contribution < -0.4 is 0 Å². The fourth-order valence-corrected chi connectivity index (χ4v) is 1.51. The normalized spacial score (nSPS) is 36.9. The number of hydrogen-bond donors (Lipinski definition) is 0. The summed E-state index contributed by atoms with van der Waals surface area (Å²) in [6.45, 7) is -3.76. The first-order valence-electron chi connectivity index (χ1n) is 5.93. The van der Waals surface area contributed by atoms with Gasteiger partial charge in [0.1, 0.15) is 0 Å². The fraction of sp³-hybridized carbons (Fsp3) is 1.00. The van der Waals surface area contributed by atoms with E-state index < -0.39 is 54.9 Å². The molecule has 0 aromatic heterocycles. The molecule has 0 spiro atoms. The molecule has 168 valence electrons. The monoisotopic (exact) mass is 462 g/mol. The van der Waals surface area contributed by atoms with E-state index in [1.54, 1.807) is 4.74 Å². The van der Waals surface area contributed by atoms with E-state index in [0.717, 1.165) is 0 Å². The molecule has 1 rings (SSSR count). The molecule has 3 nitrogen and oxygen atoms in total. The van der Waals surface area contributed by atoms with Crippen molar-refractivity contribution in [2.45, 2.75) is 48.2 Å². The summed E-state index contributed by atoms with van der Waals surface area (Å²) in [7, 11) is 0. The molecule has 0 aromatic rings. The maximum Gasteiger partial charge on any atom is 0.458 e. The van der Waals surface area contributed by atoms with Gasteiger partial charge in [-0.05, 0) is 0 Å². The summed E-state index contributed by atoms with van der Waals surface area (Å²) in [6, 6.07) is -7.12. The van der Waals surface area contributed by atoms with Gasteiger partial charge in [0.15, 0.2) is 6.67 Å². The van der Waals surface area contributed by atoms with E-state index in [2.05, 4.69) is 4.74 Å². The standard InChI is InChI=1S/C9H2F16O3/c10-1-2(11,5(14,15)16)26-9(25)4(13,7(20,21)22)27-8(23,24)3(12,28-9)6(17,18)19/h1H2. The highest BCUT2D eigenvalue weighted by Crippen LogP contribution is 2.62. The Kier molecular flexibility index (Phi) is 5.43. The molecule has 1 heterocycles. The molecule has 0 N–H and O–H groups in total. The number of rotatable bonds is 3. The second-order valence-corrected chi connectivity index (χ2v) is 4.91. The van der Waals surface area contributed by atoms with E-state index in [0.29, 0.717) is 0 Å². The highest BCUT2D eigenvalue weighted by molar-refractivity contribution is 5.01. The van der Waals surface area contributed by atoms with Gasteiger partial charge in [-0.1, -0.05) is 0 Å². The molecule has 1 aliphatic rings. The second kappa shape index (κ2) is 6.13. The largest absolute Gasteiger partial charge is 0.458 e. The number of alkyl halides is 16. The van der Waals surface area contributed by atoms with Gasteiger partial charge in [0.05, 0.1) is 0 Å². The molecule has 1 aliphatic heterocycles. The Bertz CT molecular complexity index is 598. The zero-order valence-corrected chi connectivity index (χ0v) is 12.0. The van der Waals surface area contributed by atoms with E-state index in [1.165, 1.54) is 0 Å². The van der Waals surface area contributed by atoms with Crippen LogP contribution in [0.4, 0.5) is 70.2 Å². The molecule has 0 saturated carbocycles. The molecular formula is C9H2F16O3. The van der Waals surface area contributed by atoms with Crippen molar-refractivity contribution in [1.29, 1.82) is 0 Å². The molecule has 0 aromatic carbocycles. The van der Waals surface area contributed by atoms with E-state index in [4.69, 9.17) is 0 Å². The molecule has 4 unspecified atom stereocenters. The van der Waals surface area contributed by atoms with Crippen molar-refractivity contribution < 1.29 is 84.5 Å². The maximum absolute atomic E-state index is 14.1. The third-order valence-electron chi connectivity index (χ3n) is 2.92. The van der Waals surface area contributed by atoms with Gasteiger partial charge < -0.3 is 0 Å². The van der Waals surface area contributed by atoms with Crippen molar-refractivity contribution in [3.8, 4) is 0 Å². The van der Waals surface area contributed by atoms with Crippen LogP contribution in [0, 0.1) is 0 Å². The minimum atomic E-state index is -7.40. The quantitative estimate of drug-likeness (QED) is 0.558. The zero-order chi connectivity index (χ0) is 22.8. The van der Waals surface area contributed by atoms with Crippen molar-refractivity contribution in [2.75, 3.05) is 6.67 Å². The Morgan fingerprint density at radius 2 is 1.04 bits per heavy atom. The van der Waals surface area contributed by atoms with E-state index in [1.807, 2.05) is 4.74 Å². The Hall–Kier alpha value is -1.24. The minimum Gasteiger partial charge on any atom is -0.271 e. The van der Waals surface area contributed by atoms with Crippen LogP contribution in [-0.4, -0.2) is 54.9 Å². The van der Waals surface area contributed by atoms with Crippen molar-refractivity contribution in [3.63, 3.8) is 0 Å². The lowest BCUT2D eigenvalue weighted by molar-refractivity contribution is -0.648. The number of hydrogen-bond acceptors (Lipinski definition) is 3. The Morgan fingerprint density at radius 3 is 1.32 bits per heavy atom. The highest BCUT2D eigenvalue weighted by atomic mass is 19.4. The first-order chi connectivity index (χ1) is 11.9. The van der Waals surface area contributed by atoms with Crippen LogP contribution in [-0.2, 0) is 14.2 Å². The third-order valence-corrected chi connectivity index (χ3v) is 2.92. The van der Waals surface area contributed by atoms with E-state index in [9.17, 15) is 70.2 Å². The van der Waals surface area contributed by atoms with Gasteiger partial charge in [-0.15, -0.1) is 0 Å². The molecule has 0 bridgehead atoms.